The zero-order valence-electron chi connectivity index (χ0n) is 30.6. The number of aliphatic imine (C=N–C) groups is 1. The summed E-state index contributed by atoms with van der Waals surface area (Å²) in [6, 6.07) is 17.2. The summed E-state index contributed by atoms with van der Waals surface area (Å²) in [6.45, 7) is 13.8. The van der Waals surface area contributed by atoms with Crippen LogP contribution in [-0.2, 0) is 16.5 Å². The standard InChI is InChI=1S/C40H50Cl2N6O3/c1-7-51-33-24-34(38(2,3)4)43-25-32(33)35-46-39(5,26-12-16-28(41)17-13-26)40(6,27-14-18-29(42)19-15-27)48(35)37(50)47-22-20-31(21-23-47)45-36(49)44-30-10-8-9-11-30/h12-19,24-25,30-31H,7-11,20-23H2,1-6H3,(H2,44,45,49)/t39-,40+/m0/s1. The van der Waals surface area contributed by atoms with Crippen LogP contribution >= 0.6 is 23.2 Å². The van der Waals surface area contributed by atoms with E-state index in [1.165, 1.54) is 0 Å². The van der Waals surface area contributed by atoms with Gasteiger partial charge in [-0.15, -0.1) is 0 Å². The summed E-state index contributed by atoms with van der Waals surface area (Å²) in [5, 5.41) is 7.50. The van der Waals surface area contributed by atoms with Crippen molar-refractivity contribution >= 4 is 41.1 Å². The molecule has 11 heteroatoms. The zero-order chi connectivity index (χ0) is 36.6. The Balaban J connectivity index is 1.42. The summed E-state index contributed by atoms with van der Waals surface area (Å²) in [4.78, 5) is 42.1. The average molecular weight is 734 g/mol. The number of ether oxygens (including phenoxy) is 1. The molecule has 6 rings (SSSR count). The van der Waals surface area contributed by atoms with Gasteiger partial charge in [-0.1, -0.05) is 81.1 Å². The molecule has 1 aromatic heterocycles. The predicted octanol–water partition coefficient (Wildman–Crippen LogP) is 8.80. The topological polar surface area (TPSA) is 99.2 Å². The van der Waals surface area contributed by atoms with Crippen LogP contribution in [0.25, 0.3) is 0 Å². The first-order valence-corrected chi connectivity index (χ1v) is 18.9. The second kappa shape index (κ2) is 14.7. The molecular weight excluding hydrogens is 683 g/mol. The largest absolute Gasteiger partial charge is 0.493 e. The first-order valence-electron chi connectivity index (χ1n) is 18.2. The quantitative estimate of drug-likeness (QED) is 0.254. The highest BCUT2D eigenvalue weighted by Gasteiger charge is 2.60. The van der Waals surface area contributed by atoms with E-state index < -0.39 is 11.1 Å². The van der Waals surface area contributed by atoms with Gasteiger partial charge in [0.25, 0.3) is 0 Å². The van der Waals surface area contributed by atoms with E-state index in [4.69, 9.17) is 37.9 Å². The fraction of sp³-hybridized carbons (Fsp3) is 0.500. The molecule has 1 aliphatic carbocycles. The molecule has 9 nitrogen and oxygen atoms in total. The Bertz CT molecular complexity index is 1760. The molecule has 3 aliphatic rings. The van der Waals surface area contributed by atoms with Crippen molar-refractivity contribution in [2.45, 2.75) is 109 Å². The van der Waals surface area contributed by atoms with Gasteiger partial charge in [-0.05, 0) is 81.8 Å². The van der Waals surface area contributed by atoms with Crippen molar-refractivity contribution in [3.8, 4) is 5.75 Å². The smallest absolute Gasteiger partial charge is 0.326 e. The lowest BCUT2D eigenvalue weighted by molar-refractivity contribution is 0.0995. The molecule has 3 aromatic rings. The number of benzene rings is 2. The van der Waals surface area contributed by atoms with Crippen molar-refractivity contribution in [3.63, 3.8) is 0 Å². The number of carbonyl (C=O) groups is 2. The molecule has 2 N–H and O–H groups in total. The molecule has 0 spiro atoms. The number of nitrogens with one attached hydrogen (secondary N) is 2. The molecule has 0 bridgehead atoms. The molecule has 0 unspecified atom stereocenters. The Morgan fingerprint density at radius 3 is 1.98 bits per heavy atom. The summed E-state index contributed by atoms with van der Waals surface area (Å²) in [6.07, 6.45) is 7.44. The van der Waals surface area contributed by atoms with Gasteiger partial charge in [0.05, 0.1) is 12.2 Å². The summed E-state index contributed by atoms with van der Waals surface area (Å²) in [5.74, 6) is 1.09. The van der Waals surface area contributed by atoms with Crippen LogP contribution in [0, 0.1) is 0 Å². The van der Waals surface area contributed by atoms with E-state index in [0.717, 1.165) is 42.5 Å². The number of rotatable bonds is 7. The van der Waals surface area contributed by atoms with Gasteiger partial charge in [0.1, 0.15) is 22.7 Å². The third kappa shape index (κ3) is 7.29. The number of carbonyl (C=O) groups excluding carboxylic acids is 2. The van der Waals surface area contributed by atoms with E-state index in [1.807, 2.05) is 71.3 Å². The van der Waals surface area contributed by atoms with Crippen LogP contribution in [0.5, 0.6) is 5.75 Å². The molecule has 2 aromatic carbocycles. The van der Waals surface area contributed by atoms with Crippen LogP contribution in [-0.4, -0.2) is 64.5 Å². The second-order valence-electron chi connectivity index (χ2n) is 15.3. The SMILES string of the molecule is CCOc1cc(C(C)(C)C)ncc1C1=N[C@@](C)(c2ccc(Cl)cc2)[C@@](C)(c2ccc(Cl)cc2)N1C(=O)N1CCC(NC(=O)NC2CCCC2)CC1. The van der Waals surface area contributed by atoms with E-state index >= 15 is 4.79 Å². The third-order valence-electron chi connectivity index (χ3n) is 10.9. The van der Waals surface area contributed by atoms with Crippen molar-refractivity contribution in [3.05, 3.63) is 93.2 Å². The molecule has 0 radical (unpaired) electrons. The van der Waals surface area contributed by atoms with Crippen molar-refractivity contribution in [2.24, 2.45) is 4.99 Å². The minimum absolute atomic E-state index is 0.0251. The number of pyridine rings is 1. The van der Waals surface area contributed by atoms with Crippen LogP contribution in [0.1, 0.15) is 102 Å². The number of nitrogens with zero attached hydrogens (tertiary/aromatic N) is 4. The van der Waals surface area contributed by atoms with Crippen LogP contribution in [0.3, 0.4) is 0 Å². The number of hydrogen-bond acceptors (Lipinski definition) is 5. The van der Waals surface area contributed by atoms with E-state index in [-0.39, 0.29) is 29.6 Å². The normalized spacial score (nSPS) is 22.9. The predicted molar refractivity (Wildman–Crippen MR) is 204 cm³/mol. The number of amidine groups is 1. The van der Waals surface area contributed by atoms with Gasteiger partial charge in [-0.2, -0.15) is 0 Å². The summed E-state index contributed by atoms with van der Waals surface area (Å²) in [7, 11) is 0. The number of halogens is 2. The fourth-order valence-corrected chi connectivity index (χ4v) is 7.95. The van der Waals surface area contributed by atoms with E-state index in [0.29, 0.717) is 59.7 Å². The van der Waals surface area contributed by atoms with Gasteiger partial charge in [0, 0.05) is 58.6 Å². The van der Waals surface area contributed by atoms with E-state index in [2.05, 4.69) is 45.3 Å². The molecule has 272 valence electrons. The van der Waals surface area contributed by atoms with Crippen LogP contribution in [0.4, 0.5) is 9.59 Å². The molecule has 3 heterocycles. The lowest BCUT2D eigenvalue weighted by atomic mass is 9.71. The Hall–Kier alpha value is -3.82. The highest BCUT2D eigenvalue weighted by Crippen LogP contribution is 2.54. The Morgan fingerprint density at radius 1 is 0.882 bits per heavy atom. The molecule has 2 aliphatic heterocycles. The van der Waals surface area contributed by atoms with Gasteiger partial charge < -0.3 is 20.3 Å². The third-order valence-corrected chi connectivity index (χ3v) is 11.4. The number of amides is 4. The lowest BCUT2D eigenvalue weighted by Crippen LogP contribution is -2.60. The van der Waals surface area contributed by atoms with Gasteiger partial charge in [-0.25, -0.2) is 9.59 Å². The Labute approximate surface area is 312 Å². The Morgan fingerprint density at radius 2 is 1.43 bits per heavy atom. The number of piperidine rings is 1. The molecule has 51 heavy (non-hydrogen) atoms. The van der Waals surface area contributed by atoms with Gasteiger partial charge >= 0.3 is 12.1 Å². The number of urea groups is 2. The average Bonchev–Trinajstić information content (AvgIpc) is 3.69. The van der Waals surface area contributed by atoms with Crippen molar-refractivity contribution in [1.82, 2.24) is 25.4 Å². The molecule has 2 atom stereocenters. The molecular formula is C40H50Cl2N6O3. The molecule has 1 saturated carbocycles. The number of aromatic nitrogens is 1. The first kappa shape index (κ1) is 37.0. The lowest BCUT2D eigenvalue weighted by Gasteiger charge is -2.47. The van der Waals surface area contributed by atoms with Crippen LogP contribution in [0.15, 0.2) is 65.8 Å². The van der Waals surface area contributed by atoms with Gasteiger partial charge in [-0.3, -0.25) is 14.9 Å². The zero-order valence-corrected chi connectivity index (χ0v) is 32.1. The van der Waals surface area contributed by atoms with Gasteiger partial charge in [0.15, 0.2) is 0 Å². The summed E-state index contributed by atoms with van der Waals surface area (Å²) < 4.78 is 6.28. The second-order valence-corrected chi connectivity index (χ2v) is 16.2. The Kier molecular flexibility index (Phi) is 10.6. The van der Waals surface area contributed by atoms with E-state index in [1.54, 1.807) is 6.20 Å². The van der Waals surface area contributed by atoms with Crippen LogP contribution in [0.2, 0.25) is 10.0 Å². The highest BCUT2D eigenvalue weighted by atomic mass is 35.5. The van der Waals surface area contributed by atoms with Crippen molar-refractivity contribution in [1.29, 1.82) is 0 Å². The van der Waals surface area contributed by atoms with Gasteiger partial charge in [0.2, 0.25) is 0 Å². The minimum Gasteiger partial charge on any atom is -0.493 e. The maximum absolute atomic E-state index is 15.2. The minimum atomic E-state index is -1.03. The molecule has 1 saturated heterocycles. The number of hydrogen-bond donors (Lipinski definition) is 2. The first-order chi connectivity index (χ1) is 24.2. The summed E-state index contributed by atoms with van der Waals surface area (Å²) in [5.41, 5.74) is 1.05. The van der Waals surface area contributed by atoms with E-state index in [9.17, 15) is 4.79 Å². The number of likely N-dealkylation sites (tertiary alicyclic amines) is 1. The maximum atomic E-state index is 15.2. The summed E-state index contributed by atoms with van der Waals surface area (Å²) >= 11 is 12.8. The van der Waals surface area contributed by atoms with Crippen molar-refractivity contribution in [2.75, 3.05) is 19.7 Å². The molecule has 2 fully saturated rings. The monoisotopic (exact) mass is 732 g/mol. The maximum Gasteiger partial charge on any atom is 0.326 e. The van der Waals surface area contributed by atoms with Crippen LogP contribution < -0.4 is 15.4 Å². The fourth-order valence-electron chi connectivity index (χ4n) is 7.70. The van der Waals surface area contributed by atoms with Crippen molar-refractivity contribution < 1.29 is 14.3 Å². The molecule has 4 amide bonds. The highest BCUT2D eigenvalue weighted by molar-refractivity contribution is 6.30.